The van der Waals surface area contributed by atoms with Crippen molar-refractivity contribution in [2.24, 2.45) is 5.92 Å². The first-order valence-electron chi connectivity index (χ1n) is 5.84. The molecule has 0 fully saturated rings. The van der Waals surface area contributed by atoms with Crippen molar-refractivity contribution >= 4 is 29.2 Å². The average Bonchev–Trinajstić information content (AvgIpc) is 2.30. The Labute approximate surface area is 116 Å². The van der Waals surface area contributed by atoms with Crippen LogP contribution in [-0.4, -0.2) is 11.5 Å². The lowest BCUT2D eigenvalue weighted by molar-refractivity contribution is -0.384. The zero-order chi connectivity index (χ0) is 13.5. The molecular weight excluding hydrogens is 272 g/mol. The Balaban J connectivity index is 2.43. The molecule has 1 N–H and O–H groups in total. The van der Waals surface area contributed by atoms with Crippen LogP contribution in [0.4, 0.5) is 5.69 Å². The molecular formula is C12H17ClN2O2S. The Bertz CT molecular complexity index is 413. The third kappa shape index (κ3) is 5.25. The smallest absolute Gasteiger partial charge is 0.260 e. The van der Waals surface area contributed by atoms with Gasteiger partial charge in [0.05, 0.1) is 4.92 Å². The van der Waals surface area contributed by atoms with E-state index in [0.717, 1.165) is 17.9 Å². The fraction of sp³-hybridized carbons (Fsp3) is 0.500. The van der Waals surface area contributed by atoms with Crippen molar-refractivity contribution in [3.8, 4) is 0 Å². The van der Waals surface area contributed by atoms with Gasteiger partial charge in [-0.15, -0.1) is 0 Å². The van der Waals surface area contributed by atoms with Gasteiger partial charge in [-0.25, -0.2) is 0 Å². The van der Waals surface area contributed by atoms with Gasteiger partial charge >= 0.3 is 0 Å². The van der Waals surface area contributed by atoms with E-state index in [0.29, 0.717) is 5.92 Å². The normalized spacial score (nSPS) is 10.9. The first kappa shape index (κ1) is 15.3. The van der Waals surface area contributed by atoms with Crippen LogP contribution in [0.15, 0.2) is 23.1 Å². The van der Waals surface area contributed by atoms with Crippen molar-refractivity contribution in [3.05, 3.63) is 33.3 Å². The molecule has 18 heavy (non-hydrogen) atoms. The van der Waals surface area contributed by atoms with Gasteiger partial charge in [0.25, 0.3) is 5.69 Å². The van der Waals surface area contributed by atoms with E-state index in [1.165, 1.54) is 24.4 Å². The van der Waals surface area contributed by atoms with Gasteiger partial charge in [-0.3, -0.25) is 14.8 Å². The van der Waals surface area contributed by atoms with Gasteiger partial charge in [0.15, 0.2) is 0 Å². The van der Waals surface area contributed by atoms with Crippen LogP contribution >= 0.6 is 23.5 Å². The van der Waals surface area contributed by atoms with Crippen LogP contribution < -0.4 is 4.72 Å². The molecule has 0 unspecified atom stereocenters. The Hall–Kier alpha value is -0.780. The first-order valence-corrected chi connectivity index (χ1v) is 7.03. The van der Waals surface area contributed by atoms with E-state index in [-0.39, 0.29) is 10.7 Å². The number of rotatable bonds is 7. The van der Waals surface area contributed by atoms with Crippen LogP contribution in [0, 0.1) is 16.0 Å². The predicted octanol–water partition coefficient (Wildman–Crippen LogP) is 4.28. The van der Waals surface area contributed by atoms with Crippen LogP contribution in [0.25, 0.3) is 0 Å². The van der Waals surface area contributed by atoms with Gasteiger partial charge in [0.2, 0.25) is 0 Å². The summed E-state index contributed by atoms with van der Waals surface area (Å²) in [6.45, 7) is 5.27. The van der Waals surface area contributed by atoms with E-state index in [9.17, 15) is 10.1 Å². The molecule has 0 radical (unpaired) electrons. The van der Waals surface area contributed by atoms with E-state index >= 15 is 0 Å². The molecule has 0 spiro atoms. The molecule has 0 saturated carbocycles. The minimum absolute atomic E-state index is 0.0503. The van der Waals surface area contributed by atoms with Crippen molar-refractivity contribution < 1.29 is 4.92 Å². The number of benzene rings is 1. The standard InChI is InChI=1S/C12H17ClN2O2S/c1-9(2)4-3-7-14-18-10-5-6-11(13)12(8-10)15(16)17/h5-6,8-9,14H,3-4,7H2,1-2H3. The van der Waals surface area contributed by atoms with E-state index < -0.39 is 4.92 Å². The molecule has 100 valence electrons. The third-order valence-electron chi connectivity index (χ3n) is 2.36. The van der Waals surface area contributed by atoms with Crippen LogP contribution in [0.2, 0.25) is 5.02 Å². The molecule has 1 rings (SSSR count). The fourth-order valence-electron chi connectivity index (χ4n) is 1.41. The summed E-state index contributed by atoms with van der Waals surface area (Å²) in [4.78, 5) is 11.1. The molecule has 1 aromatic carbocycles. The van der Waals surface area contributed by atoms with Crippen LogP contribution in [-0.2, 0) is 0 Å². The number of nitro groups is 1. The molecule has 0 aliphatic carbocycles. The van der Waals surface area contributed by atoms with Gasteiger partial charge in [-0.1, -0.05) is 25.4 Å². The molecule has 0 heterocycles. The summed E-state index contributed by atoms with van der Waals surface area (Å²) in [6.07, 6.45) is 2.27. The summed E-state index contributed by atoms with van der Waals surface area (Å²) < 4.78 is 3.19. The Morgan fingerprint density at radius 2 is 2.22 bits per heavy atom. The summed E-state index contributed by atoms with van der Waals surface area (Å²) in [5.41, 5.74) is -0.0503. The van der Waals surface area contributed by atoms with Crippen molar-refractivity contribution in [1.82, 2.24) is 4.72 Å². The summed E-state index contributed by atoms with van der Waals surface area (Å²) in [6, 6.07) is 4.82. The van der Waals surface area contributed by atoms with E-state index in [1.807, 2.05) is 0 Å². The molecule has 0 aliphatic heterocycles. The van der Waals surface area contributed by atoms with Gasteiger partial charge in [0, 0.05) is 17.5 Å². The first-order chi connectivity index (χ1) is 8.50. The van der Waals surface area contributed by atoms with E-state index in [1.54, 1.807) is 12.1 Å². The van der Waals surface area contributed by atoms with Crippen molar-refractivity contribution in [3.63, 3.8) is 0 Å². The highest BCUT2D eigenvalue weighted by molar-refractivity contribution is 7.97. The van der Waals surface area contributed by atoms with Crippen molar-refractivity contribution in [1.29, 1.82) is 0 Å². The van der Waals surface area contributed by atoms with Crippen LogP contribution in [0.3, 0.4) is 0 Å². The number of nitrogens with one attached hydrogen (secondary N) is 1. The number of nitro benzene ring substituents is 1. The second-order valence-corrected chi connectivity index (χ2v) is 5.77. The van der Waals surface area contributed by atoms with Crippen LogP contribution in [0.1, 0.15) is 26.7 Å². The summed E-state index contributed by atoms with van der Waals surface area (Å²) >= 11 is 7.14. The monoisotopic (exact) mass is 288 g/mol. The molecule has 0 aliphatic rings. The maximum Gasteiger partial charge on any atom is 0.289 e. The molecule has 1 aromatic rings. The Morgan fingerprint density at radius 3 is 2.83 bits per heavy atom. The van der Waals surface area contributed by atoms with E-state index in [4.69, 9.17) is 11.6 Å². The summed E-state index contributed by atoms with van der Waals surface area (Å²) in [7, 11) is 0. The minimum atomic E-state index is -0.467. The number of halogens is 1. The Kier molecular flexibility index (Phi) is 6.46. The fourth-order valence-corrected chi connectivity index (χ4v) is 2.32. The molecule has 0 saturated heterocycles. The SMILES string of the molecule is CC(C)CCCNSc1ccc(Cl)c([N+](=O)[O-])c1. The zero-order valence-electron chi connectivity index (χ0n) is 10.5. The third-order valence-corrected chi connectivity index (χ3v) is 3.52. The molecule has 0 atom stereocenters. The van der Waals surface area contributed by atoms with Crippen molar-refractivity contribution in [2.75, 3.05) is 6.54 Å². The highest BCUT2D eigenvalue weighted by Crippen LogP contribution is 2.28. The zero-order valence-corrected chi connectivity index (χ0v) is 12.1. The minimum Gasteiger partial charge on any atom is -0.260 e. The largest absolute Gasteiger partial charge is 0.289 e. The Morgan fingerprint density at radius 1 is 1.50 bits per heavy atom. The molecule has 4 nitrogen and oxygen atoms in total. The second kappa shape index (κ2) is 7.61. The maximum atomic E-state index is 10.7. The lowest BCUT2D eigenvalue weighted by Gasteiger charge is -2.06. The maximum absolute atomic E-state index is 10.7. The summed E-state index contributed by atoms with van der Waals surface area (Å²) in [5.74, 6) is 0.702. The molecule has 0 amide bonds. The highest BCUT2D eigenvalue weighted by Gasteiger charge is 2.12. The number of hydrogen-bond donors (Lipinski definition) is 1. The van der Waals surface area contributed by atoms with Crippen LogP contribution in [0.5, 0.6) is 0 Å². The highest BCUT2D eigenvalue weighted by atomic mass is 35.5. The van der Waals surface area contributed by atoms with Gasteiger partial charge in [-0.05, 0) is 42.8 Å². The molecule has 0 bridgehead atoms. The summed E-state index contributed by atoms with van der Waals surface area (Å²) in [5, 5.41) is 10.9. The lowest BCUT2D eigenvalue weighted by atomic mass is 10.1. The topological polar surface area (TPSA) is 55.2 Å². The number of hydrogen-bond acceptors (Lipinski definition) is 4. The average molecular weight is 289 g/mol. The van der Waals surface area contributed by atoms with Gasteiger partial charge < -0.3 is 0 Å². The lowest BCUT2D eigenvalue weighted by Crippen LogP contribution is -2.06. The van der Waals surface area contributed by atoms with Gasteiger partial charge in [0.1, 0.15) is 5.02 Å². The van der Waals surface area contributed by atoms with Gasteiger partial charge in [-0.2, -0.15) is 0 Å². The van der Waals surface area contributed by atoms with E-state index in [2.05, 4.69) is 18.6 Å². The quantitative estimate of drug-likeness (QED) is 0.352. The molecule has 0 aromatic heterocycles. The number of nitrogens with zero attached hydrogens (tertiary/aromatic N) is 1. The second-order valence-electron chi connectivity index (χ2n) is 4.40. The predicted molar refractivity (Wildman–Crippen MR) is 76.0 cm³/mol. The molecule has 6 heteroatoms. The van der Waals surface area contributed by atoms with Crippen molar-refractivity contribution in [2.45, 2.75) is 31.6 Å².